The summed E-state index contributed by atoms with van der Waals surface area (Å²) in [4.78, 5) is 0. The van der Waals surface area contributed by atoms with Gasteiger partial charge in [-0.3, -0.25) is 0 Å². The van der Waals surface area contributed by atoms with Crippen LogP contribution in [-0.2, 0) is 27.3 Å². The molecule has 0 unspecified atom stereocenters. The summed E-state index contributed by atoms with van der Waals surface area (Å²) in [6.07, 6.45) is 57.0. The smallest absolute Gasteiger partial charge is 0.0628 e. The molecule has 0 amide bonds. The first kappa shape index (κ1) is 58.4. The molecule has 4 heteroatoms. The molecule has 349 valence electrons. The van der Waals surface area contributed by atoms with E-state index in [0.29, 0.717) is 17.9 Å². The Balaban J connectivity index is 4.10. The van der Waals surface area contributed by atoms with Crippen molar-refractivity contribution in [1.82, 2.24) is 0 Å². The first-order valence-corrected chi connectivity index (χ1v) is 30.2. The van der Waals surface area contributed by atoms with Gasteiger partial charge in [-0.15, -0.1) is 0 Å². The Morgan fingerprint density at radius 1 is 0.259 bits per heavy atom. The van der Waals surface area contributed by atoms with Crippen molar-refractivity contribution < 1.29 is 27.3 Å². The maximum atomic E-state index is 13.9. The number of hydrogen-bond acceptors (Lipinski definition) is 3. The Morgan fingerprint density at radius 2 is 0.431 bits per heavy atom. The van der Waals surface area contributed by atoms with Crippen molar-refractivity contribution in [2.24, 2.45) is 17.8 Å². The van der Waals surface area contributed by atoms with Gasteiger partial charge in [0.25, 0.3) is 0 Å². The number of unbranched alkanes of at least 4 members (excludes halogenated alkanes) is 36. The zero-order chi connectivity index (χ0) is 42.5. The molecule has 0 fully saturated rings. The van der Waals surface area contributed by atoms with Gasteiger partial charge in [0, 0.05) is 0 Å². The molecule has 0 saturated carbocycles. The predicted molar refractivity (Wildman–Crippen MR) is 256 cm³/mol. The van der Waals surface area contributed by atoms with Gasteiger partial charge in [-0.2, -0.15) is 0 Å². The van der Waals surface area contributed by atoms with Crippen molar-refractivity contribution in [3.8, 4) is 0 Å². The van der Waals surface area contributed by atoms with Crippen LogP contribution >= 0.6 is 0 Å². The minimum atomic E-state index is -3.92. The van der Waals surface area contributed by atoms with Crippen molar-refractivity contribution in [3.05, 3.63) is 0 Å². The van der Waals surface area contributed by atoms with E-state index < -0.39 is 17.3 Å². The summed E-state index contributed by atoms with van der Waals surface area (Å²) in [5.41, 5.74) is 0. The van der Waals surface area contributed by atoms with E-state index in [4.69, 9.17) is 6.64 Å². The van der Waals surface area contributed by atoms with Gasteiger partial charge in [0.15, 0.2) is 0 Å². The van der Waals surface area contributed by atoms with Crippen LogP contribution < -0.4 is 0 Å². The minimum absolute atomic E-state index is 0.636. The van der Waals surface area contributed by atoms with Gasteiger partial charge in [0.1, 0.15) is 0 Å². The molecule has 0 heterocycles. The van der Waals surface area contributed by atoms with Crippen molar-refractivity contribution in [1.29, 1.82) is 0 Å². The fraction of sp³-hybridized carbons (Fsp3) is 1.00. The van der Waals surface area contributed by atoms with Crippen LogP contribution in [0.25, 0.3) is 0 Å². The maximum absolute atomic E-state index is 13.9. The van der Waals surface area contributed by atoms with E-state index in [-0.39, 0.29) is 0 Å². The van der Waals surface area contributed by atoms with E-state index in [1.54, 1.807) is 0 Å². The number of rotatable bonds is 50. The molecule has 0 aromatic rings. The summed E-state index contributed by atoms with van der Waals surface area (Å²) in [7, 11) is 0. The van der Waals surface area contributed by atoms with Gasteiger partial charge in [0.05, 0.1) is 0 Å². The molecule has 0 atom stereocenters. The molecule has 3 nitrogen and oxygen atoms in total. The van der Waals surface area contributed by atoms with Gasteiger partial charge in [0.2, 0.25) is 0 Å². The molecule has 0 aliphatic carbocycles. The second-order valence-corrected chi connectivity index (χ2v) is 24.3. The Bertz CT molecular complexity index is 766. The zero-order valence-corrected chi connectivity index (χ0v) is 42.8. The van der Waals surface area contributed by atoms with E-state index in [9.17, 15) is 3.32 Å². The average Bonchev–Trinajstić information content (AvgIpc) is 3.18. The molecule has 0 aromatic heterocycles. The van der Waals surface area contributed by atoms with E-state index in [2.05, 4.69) is 41.5 Å². The van der Waals surface area contributed by atoms with Gasteiger partial charge in [-0.25, -0.2) is 0 Å². The van der Waals surface area contributed by atoms with Crippen molar-refractivity contribution in [2.75, 3.05) is 13.2 Å². The first-order chi connectivity index (χ1) is 28.2. The normalized spacial score (nSPS) is 12.3. The third kappa shape index (κ3) is 49.1. The van der Waals surface area contributed by atoms with E-state index >= 15 is 0 Å². The second-order valence-electron chi connectivity index (χ2n) is 20.5. The molecule has 0 aliphatic rings. The monoisotopic (exact) mass is 856 g/mol. The average molecular weight is 856 g/mol. The molecular weight excluding hydrogens is 744 g/mol. The van der Waals surface area contributed by atoms with Gasteiger partial charge in [-0.1, -0.05) is 112 Å². The summed E-state index contributed by atoms with van der Waals surface area (Å²) in [6.45, 7) is 15.3. The van der Waals surface area contributed by atoms with Crippen LogP contribution in [0.1, 0.15) is 311 Å². The third-order valence-electron chi connectivity index (χ3n) is 12.8. The van der Waals surface area contributed by atoms with Crippen LogP contribution in [-0.4, -0.2) is 13.2 Å². The summed E-state index contributed by atoms with van der Waals surface area (Å²) >= 11 is -3.92. The molecule has 0 N–H and O–H groups in total. The van der Waals surface area contributed by atoms with E-state index in [0.717, 1.165) is 37.0 Å². The fourth-order valence-corrected chi connectivity index (χ4v) is 11.7. The van der Waals surface area contributed by atoms with E-state index in [1.807, 2.05) is 0 Å². The van der Waals surface area contributed by atoms with Crippen molar-refractivity contribution in [3.63, 3.8) is 0 Å². The van der Waals surface area contributed by atoms with Crippen molar-refractivity contribution >= 4 is 0 Å². The minimum Gasteiger partial charge on any atom is -0.0628 e. The topological polar surface area (TPSA) is 35.5 Å². The van der Waals surface area contributed by atoms with Crippen LogP contribution in [0.2, 0.25) is 4.73 Å². The molecule has 0 aliphatic heterocycles. The Labute approximate surface area is 372 Å². The second kappa shape index (κ2) is 46.9. The van der Waals surface area contributed by atoms with Crippen LogP contribution in [0, 0.1) is 17.8 Å². The van der Waals surface area contributed by atoms with Crippen LogP contribution in [0.5, 0.6) is 0 Å². The molecule has 0 bridgehead atoms. The summed E-state index contributed by atoms with van der Waals surface area (Å²) in [6, 6.07) is 0. The van der Waals surface area contributed by atoms with Crippen LogP contribution in [0.15, 0.2) is 0 Å². The van der Waals surface area contributed by atoms with Crippen molar-refractivity contribution in [2.45, 2.75) is 316 Å². The number of hydrogen-bond donors (Lipinski definition) is 0. The molecular formula is C54H111O3Ti. The van der Waals surface area contributed by atoms with E-state index in [1.165, 1.54) is 250 Å². The van der Waals surface area contributed by atoms with Crippen LogP contribution in [0.4, 0.5) is 0 Å². The molecule has 0 rings (SSSR count). The fourth-order valence-electron chi connectivity index (χ4n) is 8.68. The quantitative estimate of drug-likeness (QED) is 0.0452. The van der Waals surface area contributed by atoms with Gasteiger partial charge in [-0.05, 0) is 17.8 Å². The molecule has 58 heavy (non-hydrogen) atoms. The molecule has 0 aromatic carbocycles. The SMILES string of the molecule is CC(C)CCCCCCCCCCCCCCC[O][Ti](=[O])([CH2]CCCCCCCCCCCCCCC(C)C)[O]CCCCCCCCCCCCCCCC(C)C. The molecule has 0 saturated heterocycles. The predicted octanol–water partition coefficient (Wildman–Crippen LogP) is 20.1. The summed E-state index contributed by atoms with van der Waals surface area (Å²) in [5, 5.41) is 0. The standard InChI is InChI=1S/2C18H37O.C18H37.O.Ti/c2*1-18(2)16-14-12-10-8-6-4-3-5-7-9-11-13-15-17-19;1-4-5-6-7-8-9-10-11-12-13-14-15-16-17-18(2)3;;/h2*18H,3-17H2,1-2H3;18H,1,4-17H2,2-3H3;;/q2*-1;;;+2. The summed E-state index contributed by atoms with van der Waals surface area (Å²) < 4.78 is 27.0. The Kier molecular flexibility index (Phi) is 47.3. The zero-order valence-electron chi connectivity index (χ0n) is 41.3. The first-order valence-electron chi connectivity index (χ1n) is 27.2. The molecule has 0 spiro atoms. The molecule has 0 radical (unpaired) electrons. The Morgan fingerprint density at radius 3 is 0.638 bits per heavy atom. The third-order valence-corrected chi connectivity index (χ3v) is 16.3. The summed E-state index contributed by atoms with van der Waals surface area (Å²) in [5.74, 6) is 2.60. The Hall–Kier alpha value is 0.434. The van der Waals surface area contributed by atoms with Gasteiger partial charge < -0.3 is 0 Å². The van der Waals surface area contributed by atoms with Crippen LogP contribution in [0.3, 0.4) is 0 Å². The van der Waals surface area contributed by atoms with Gasteiger partial charge >= 0.3 is 244 Å².